The van der Waals surface area contributed by atoms with Crippen LogP contribution in [0.3, 0.4) is 0 Å². The number of anilines is 2. The van der Waals surface area contributed by atoms with Crippen LogP contribution in [0, 0.1) is 0 Å². The molecule has 7 rings (SSSR count). The lowest BCUT2D eigenvalue weighted by molar-refractivity contribution is 0.641. The van der Waals surface area contributed by atoms with Crippen LogP contribution in [0.5, 0.6) is 0 Å². The zero-order valence-corrected chi connectivity index (χ0v) is 26.6. The van der Waals surface area contributed by atoms with E-state index in [1.165, 1.54) is 33.9 Å². The van der Waals surface area contributed by atoms with Crippen LogP contribution >= 0.6 is 0 Å². The third-order valence-corrected chi connectivity index (χ3v) is 9.24. The molecule has 7 heteroatoms. The van der Waals surface area contributed by atoms with Crippen molar-refractivity contribution in [3.05, 3.63) is 126 Å². The molecule has 0 N–H and O–H groups in total. The molecule has 0 fully saturated rings. The summed E-state index contributed by atoms with van der Waals surface area (Å²) >= 11 is 0. The second kappa shape index (κ2) is 10.7. The van der Waals surface area contributed by atoms with Gasteiger partial charge in [-0.2, -0.15) is 4.80 Å². The summed E-state index contributed by atoms with van der Waals surface area (Å²) in [6.45, 7) is 9.02. The first-order chi connectivity index (χ1) is 21.6. The van der Waals surface area contributed by atoms with E-state index in [4.69, 9.17) is 15.1 Å². The number of fused-ring (bicyclic) bond motifs is 3. The van der Waals surface area contributed by atoms with Gasteiger partial charge in [-0.1, -0.05) is 64.1 Å². The highest BCUT2D eigenvalue weighted by Crippen LogP contribution is 2.47. The molecule has 2 aliphatic heterocycles. The fourth-order valence-electron chi connectivity index (χ4n) is 6.76. The molecule has 2 aliphatic rings. The topological polar surface area (TPSA) is 61.9 Å². The summed E-state index contributed by atoms with van der Waals surface area (Å²) in [5.74, 6) is 0. The molecule has 0 unspecified atom stereocenters. The Morgan fingerprint density at radius 2 is 1.07 bits per heavy atom. The van der Waals surface area contributed by atoms with E-state index in [-0.39, 0.29) is 10.8 Å². The standard InChI is InChI=1S/C38H37N7/c1-37(2)29-11-7-9-13-33(29)43(5)35(37)21-23-39-26-15-18-28(19-16-26)45-41-31-20-17-27(25-32(31)42-45)40-24-22-36-38(3,4)30-12-8-10-14-34(30)44(36)6/h7-25H,1-6H3. The number of benzene rings is 4. The fraction of sp³-hybridized carbons (Fsp3) is 0.211. The molecule has 224 valence electrons. The maximum Gasteiger partial charge on any atom is 0.115 e. The molecule has 0 saturated carbocycles. The molecule has 4 aromatic carbocycles. The Bertz CT molecular complexity index is 2040. The van der Waals surface area contributed by atoms with E-state index in [1.807, 2.05) is 54.9 Å². The quantitative estimate of drug-likeness (QED) is 0.192. The molecule has 5 aromatic rings. The predicted molar refractivity (Wildman–Crippen MR) is 187 cm³/mol. The van der Waals surface area contributed by atoms with Crippen LogP contribution in [0.25, 0.3) is 16.7 Å². The Morgan fingerprint density at radius 1 is 0.578 bits per heavy atom. The molecule has 0 spiro atoms. The van der Waals surface area contributed by atoms with Gasteiger partial charge in [0, 0.05) is 60.1 Å². The van der Waals surface area contributed by atoms with Crippen molar-refractivity contribution in [3.63, 3.8) is 0 Å². The minimum Gasteiger partial charge on any atom is -0.347 e. The molecule has 0 bridgehead atoms. The zero-order valence-electron chi connectivity index (χ0n) is 26.6. The van der Waals surface area contributed by atoms with Crippen LogP contribution in [0.1, 0.15) is 38.8 Å². The number of rotatable bonds is 5. The number of aromatic nitrogens is 3. The van der Waals surface area contributed by atoms with Gasteiger partial charge in [-0.15, -0.1) is 10.2 Å². The van der Waals surface area contributed by atoms with E-state index in [9.17, 15) is 0 Å². The summed E-state index contributed by atoms with van der Waals surface area (Å²) < 4.78 is 0. The van der Waals surface area contributed by atoms with Gasteiger partial charge in [0.1, 0.15) is 11.0 Å². The van der Waals surface area contributed by atoms with Gasteiger partial charge in [-0.05, 0) is 77.9 Å². The van der Waals surface area contributed by atoms with E-state index in [2.05, 4.69) is 117 Å². The first-order valence-corrected chi connectivity index (χ1v) is 15.3. The summed E-state index contributed by atoms with van der Waals surface area (Å²) in [7, 11) is 4.23. The second-order valence-corrected chi connectivity index (χ2v) is 12.7. The minimum atomic E-state index is -0.0850. The lowest BCUT2D eigenvalue weighted by atomic mass is 9.84. The van der Waals surface area contributed by atoms with E-state index >= 15 is 0 Å². The van der Waals surface area contributed by atoms with Crippen molar-refractivity contribution in [2.45, 2.75) is 38.5 Å². The van der Waals surface area contributed by atoms with Gasteiger partial charge in [0.15, 0.2) is 0 Å². The number of hydrogen-bond acceptors (Lipinski definition) is 6. The average Bonchev–Trinajstić information content (AvgIpc) is 3.61. The van der Waals surface area contributed by atoms with E-state index in [0.29, 0.717) is 0 Å². The Morgan fingerprint density at radius 3 is 1.62 bits per heavy atom. The number of para-hydroxylation sites is 2. The van der Waals surface area contributed by atoms with Gasteiger partial charge >= 0.3 is 0 Å². The number of aliphatic imine (C=N–C) groups is 2. The zero-order chi connectivity index (χ0) is 31.3. The summed E-state index contributed by atoms with van der Waals surface area (Å²) in [6.07, 6.45) is 7.98. The van der Waals surface area contributed by atoms with E-state index in [0.717, 1.165) is 28.1 Å². The molecule has 3 heterocycles. The Hall–Kier alpha value is -5.30. The largest absolute Gasteiger partial charge is 0.347 e. The van der Waals surface area contributed by atoms with Gasteiger partial charge in [0.25, 0.3) is 0 Å². The smallest absolute Gasteiger partial charge is 0.115 e. The maximum absolute atomic E-state index is 4.73. The highest BCUT2D eigenvalue weighted by Gasteiger charge is 2.38. The third kappa shape index (κ3) is 4.85. The first-order valence-electron chi connectivity index (χ1n) is 15.3. The lowest BCUT2D eigenvalue weighted by Gasteiger charge is -2.23. The van der Waals surface area contributed by atoms with Gasteiger partial charge in [0.05, 0.1) is 17.1 Å². The molecule has 0 amide bonds. The molecular formula is C38H37N7. The summed E-state index contributed by atoms with van der Waals surface area (Å²) in [5, 5.41) is 9.42. The van der Waals surface area contributed by atoms with Crippen molar-refractivity contribution in [1.82, 2.24) is 15.0 Å². The Labute approximate surface area is 264 Å². The van der Waals surface area contributed by atoms with Gasteiger partial charge in [0.2, 0.25) is 0 Å². The molecule has 45 heavy (non-hydrogen) atoms. The average molecular weight is 592 g/mol. The summed E-state index contributed by atoms with van der Waals surface area (Å²) in [6, 6.07) is 31.0. The van der Waals surface area contributed by atoms with Gasteiger partial charge < -0.3 is 9.80 Å². The third-order valence-electron chi connectivity index (χ3n) is 9.24. The van der Waals surface area contributed by atoms with Crippen LogP contribution in [0.2, 0.25) is 0 Å². The Balaban J connectivity index is 1.06. The number of nitrogens with zero attached hydrogens (tertiary/aromatic N) is 7. The second-order valence-electron chi connectivity index (χ2n) is 12.7. The first kappa shape index (κ1) is 28.5. The van der Waals surface area contributed by atoms with Crippen LogP contribution in [-0.2, 0) is 10.8 Å². The lowest BCUT2D eigenvalue weighted by Crippen LogP contribution is -2.23. The van der Waals surface area contributed by atoms with Crippen LogP contribution < -0.4 is 9.80 Å². The maximum atomic E-state index is 4.73. The van der Waals surface area contributed by atoms with Crippen molar-refractivity contribution >= 4 is 46.2 Å². The van der Waals surface area contributed by atoms with Crippen molar-refractivity contribution in [1.29, 1.82) is 0 Å². The van der Waals surface area contributed by atoms with Crippen LogP contribution in [0.15, 0.2) is 125 Å². The molecule has 0 saturated heterocycles. The number of likely N-dealkylation sites (N-methyl/N-ethyl adjacent to an activating group) is 2. The molecule has 7 nitrogen and oxygen atoms in total. The van der Waals surface area contributed by atoms with Gasteiger partial charge in [-0.3, -0.25) is 9.98 Å². The molecule has 0 aliphatic carbocycles. The molecule has 0 atom stereocenters. The molecule has 0 radical (unpaired) electrons. The summed E-state index contributed by atoms with van der Waals surface area (Å²) in [5.41, 5.74) is 11.6. The number of allylic oxidation sites excluding steroid dienone is 4. The van der Waals surface area contributed by atoms with Crippen molar-refractivity contribution in [2.75, 3.05) is 23.9 Å². The van der Waals surface area contributed by atoms with E-state index in [1.54, 1.807) is 4.80 Å². The van der Waals surface area contributed by atoms with Crippen molar-refractivity contribution < 1.29 is 0 Å². The predicted octanol–water partition coefficient (Wildman–Crippen LogP) is 8.45. The number of hydrogen-bond donors (Lipinski definition) is 0. The van der Waals surface area contributed by atoms with Gasteiger partial charge in [-0.25, -0.2) is 0 Å². The van der Waals surface area contributed by atoms with E-state index < -0.39 is 0 Å². The SMILES string of the molecule is CN1C(=CC=Nc2ccc(-n3nc4ccc(N=CC=C5N(C)c6ccccc6C5(C)C)cc4n3)cc2)C(C)(C)c2ccccc21. The fourth-order valence-corrected chi connectivity index (χ4v) is 6.76. The van der Waals surface area contributed by atoms with Crippen LogP contribution in [0.4, 0.5) is 22.7 Å². The van der Waals surface area contributed by atoms with Crippen molar-refractivity contribution in [2.24, 2.45) is 9.98 Å². The normalized spacial score (nSPS) is 18.6. The van der Waals surface area contributed by atoms with Crippen LogP contribution in [-0.4, -0.2) is 41.5 Å². The highest BCUT2D eigenvalue weighted by molar-refractivity contribution is 5.84. The minimum absolute atomic E-state index is 0.0758. The summed E-state index contributed by atoms with van der Waals surface area (Å²) in [4.78, 5) is 15.6. The monoisotopic (exact) mass is 591 g/mol. The highest BCUT2D eigenvalue weighted by atomic mass is 15.5. The van der Waals surface area contributed by atoms with Crippen molar-refractivity contribution in [3.8, 4) is 5.69 Å². The Kier molecular flexibility index (Phi) is 6.77. The molecule has 1 aromatic heterocycles. The molecular weight excluding hydrogens is 554 g/mol.